The molecule has 4 saturated carbocycles. The van der Waals surface area contributed by atoms with Crippen molar-refractivity contribution >= 4 is 0 Å². The van der Waals surface area contributed by atoms with Crippen LogP contribution in [0.25, 0.3) is 0 Å². The van der Waals surface area contributed by atoms with Crippen LogP contribution in [0.4, 0.5) is 13.2 Å². The van der Waals surface area contributed by atoms with Crippen LogP contribution in [0.1, 0.15) is 13.3 Å². The van der Waals surface area contributed by atoms with E-state index in [1.54, 1.807) is 0 Å². The minimum absolute atomic E-state index is 0.0541. The molecule has 14 heavy (non-hydrogen) atoms. The first-order valence-electron chi connectivity index (χ1n) is 5.20. The van der Waals surface area contributed by atoms with Crippen molar-refractivity contribution in [1.29, 1.82) is 0 Å². The van der Waals surface area contributed by atoms with Crippen molar-refractivity contribution in [3.63, 3.8) is 0 Å². The van der Waals surface area contributed by atoms with Gasteiger partial charge in [0, 0.05) is 5.92 Å². The summed E-state index contributed by atoms with van der Waals surface area (Å²) in [5.74, 6) is 1.44. The van der Waals surface area contributed by atoms with Gasteiger partial charge < -0.3 is 4.74 Å². The molecule has 7 unspecified atom stereocenters. The number of alkyl halides is 3. The van der Waals surface area contributed by atoms with Crippen molar-refractivity contribution in [1.82, 2.24) is 0 Å². The SMILES string of the molecule is CC1(C(F)(F)F)OC2C3CC4C2C4C31. The normalized spacial score (nSPS) is 67.7. The number of halogens is 3. The van der Waals surface area contributed by atoms with E-state index in [1.165, 1.54) is 6.92 Å². The third-order valence-corrected chi connectivity index (χ3v) is 5.09. The maximum Gasteiger partial charge on any atom is 0.417 e. The van der Waals surface area contributed by atoms with E-state index >= 15 is 0 Å². The van der Waals surface area contributed by atoms with Crippen LogP contribution in [-0.4, -0.2) is 17.9 Å². The van der Waals surface area contributed by atoms with Gasteiger partial charge in [-0.1, -0.05) is 0 Å². The molecule has 0 aromatic heterocycles. The lowest BCUT2D eigenvalue weighted by Gasteiger charge is -2.35. The lowest BCUT2D eigenvalue weighted by atomic mass is 9.83. The van der Waals surface area contributed by atoms with Gasteiger partial charge in [-0.15, -0.1) is 0 Å². The number of rotatable bonds is 0. The fourth-order valence-corrected chi connectivity index (χ4v) is 4.64. The largest absolute Gasteiger partial charge is 0.417 e. The molecule has 0 spiro atoms. The molecular weight excluding hydrogens is 193 g/mol. The summed E-state index contributed by atoms with van der Waals surface area (Å²) in [4.78, 5) is 0. The van der Waals surface area contributed by atoms with E-state index in [9.17, 15) is 13.2 Å². The van der Waals surface area contributed by atoms with Gasteiger partial charge in [-0.3, -0.25) is 0 Å². The molecule has 4 heteroatoms. The molecule has 1 aliphatic heterocycles. The Labute approximate surface area is 79.6 Å². The molecule has 1 heterocycles. The minimum atomic E-state index is -4.19. The van der Waals surface area contributed by atoms with Crippen molar-refractivity contribution in [3.8, 4) is 0 Å². The van der Waals surface area contributed by atoms with Crippen molar-refractivity contribution in [2.24, 2.45) is 29.6 Å². The minimum Gasteiger partial charge on any atom is -0.362 e. The molecule has 7 atom stereocenters. The van der Waals surface area contributed by atoms with E-state index in [-0.39, 0.29) is 17.9 Å². The highest BCUT2D eigenvalue weighted by Crippen LogP contribution is 2.81. The summed E-state index contributed by atoms with van der Waals surface area (Å²) < 4.78 is 43.9. The van der Waals surface area contributed by atoms with Crippen LogP contribution in [0.15, 0.2) is 0 Å². The van der Waals surface area contributed by atoms with Gasteiger partial charge in [0.1, 0.15) is 0 Å². The molecule has 4 aliphatic carbocycles. The molecule has 0 aromatic rings. The number of ether oxygens (including phenoxy) is 1. The third-order valence-electron chi connectivity index (χ3n) is 5.09. The predicted molar refractivity (Wildman–Crippen MR) is 41.4 cm³/mol. The van der Waals surface area contributed by atoms with Crippen molar-refractivity contribution in [3.05, 3.63) is 0 Å². The summed E-state index contributed by atoms with van der Waals surface area (Å²) in [6.07, 6.45) is -3.25. The zero-order valence-electron chi connectivity index (χ0n) is 7.71. The second-order valence-electron chi connectivity index (χ2n) is 5.43. The van der Waals surface area contributed by atoms with E-state index in [1.807, 2.05) is 0 Å². The van der Waals surface area contributed by atoms with E-state index in [0.717, 1.165) is 6.42 Å². The quantitative estimate of drug-likeness (QED) is 0.588. The average Bonchev–Trinajstić information content (AvgIpc) is 2.47. The van der Waals surface area contributed by atoms with Crippen LogP contribution in [0.5, 0.6) is 0 Å². The highest BCUT2D eigenvalue weighted by molar-refractivity contribution is 5.29. The number of hydrogen-bond acceptors (Lipinski definition) is 1. The van der Waals surface area contributed by atoms with Gasteiger partial charge in [0.15, 0.2) is 5.60 Å². The molecule has 1 nitrogen and oxygen atoms in total. The second kappa shape index (κ2) is 1.75. The predicted octanol–water partition coefficient (Wildman–Crippen LogP) is 2.22. The Hall–Kier alpha value is -0.250. The Morgan fingerprint density at radius 2 is 1.93 bits per heavy atom. The molecule has 5 aliphatic rings. The fourth-order valence-electron chi connectivity index (χ4n) is 4.64. The average molecular weight is 204 g/mol. The molecule has 5 rings (SSSR count). The smallest absolute Gasteiger partial charge is 0.362 e. The maximum absolute atomic E-state index is 12.9. The summed E-state index contributed by atoms with van der Waals surface area (Å²) in [5.41, 5.74) is -1.82. The Morgan fingerprint density at radius 1 is 1.21 bits per heavy atom. The first kappa shape index (κ1) is 7.97. The number of hydrogen-bond donors (Lipinski definition) is 0. The van der Waals surface area contributed by atoms with E-state index in [0.29, 0.717) is 17.8 Å². The topological polar surface area (TPSA) is 9.23 Å². The zero-order chi connectivity index (χ0) is 9.88. The van der Waals surface area contributed by atoms with Crippen LogP contribution in [0, 0.1) is 29.6 Å². The molecule has 78 valence electrons. The van der Waals surface area contributed by atoms with Gasteiger partial charge in [-0.2, -0.15) is 13.2 Å². The molecule has 0 aromatic carbocycles. The van der Waals surface area contributed by atoms with Gasteiger partial charge >= 0.3 is 6.18 Å². The molecule has 0 amide bonds. The third kappa shape index (κ3) is 0.549. The monoisotopic (exact) mass is 204 g/mol. The lowest BCUT2D eigenvalue weighted by Crippen LogP contribution is -2.49. The van der Waals surface area contributed by atoms with Crippen molar-refractivity contribution < 1.29 is 17.9 Å². The van der Waals surface area contributed by atoms with Crippen LogP contribution in [-0.2, 0) is 4.74 Å². The maximum atomic E-state index is 12.9. The summed E-state index contributed by atoms with van der Waals surface area (Å²) >= 11 is 0. The summed E-state index contributed by atoms with van der Waals surface area (Å²) in [6.45, 7) is 1.25. The van der Waals surface area contributed by atoms with Crippen LogP contribution in [0.2, 0.25) is 0 Å². The standard InChI is InChI=1S/C10H11F3O/c1-9(10(11,12)13)7-4-2-3-5(7)6(3)8(4)14-9/h3-8H,2H2,1H3. The molecule has 1 saturated heterocycles. The van der Waals surface area contributed by atoms with E-state index in [4.69, 9.17) is 4.74 Å². The van der Waals surface area contributed by atoms with Crippen LogP contribution < -0.4 is 0 Å². The zero-order valence-corrected chi connectivity index (χ0v) is 7.71. The Bertz CT molecular complexity index is 326. The summed E-state index contributed by atoms with van der Waals surface area (Å²) in [5, 5.41) is 0. The first-order chi connectivity index (χ1) is 6.45. The molecule has 0 radical (unpaired) electrons. The summed E-state index contributed by atoms with van der Waals surface area (Å²) in [6, 6.07) is 0. The molecule has 0 N–H and O–H groups in total. The van der Waals surface area contributed by atoms with Gasteiger partial charge in [0.25, 0.3) is 0 Å². The van der Waals surface area contributed by atoms with E-state index < -0.39 is 11.8 Å². The summed E-state index contributed by atoms with van der Waals surface area (Å²) in [7, 11) is 0. The van der Waals surface area contributed by atoms with Gasteiger partial charge in [0.2, 0.25) is 0 Å². The van der Waals surface area contributed by atoms with Gasteiger partial charge in [-0.25, -0.2) is 0 Å². The van der Waals surface area contributed by atoms with Crippen molar-refractivity contribution in [2.75, 3.05) is 0 Å². The second-order valence-corrected chi connectivity index (χ2v) is 5.43. The molecule has 6 bridgehead atoms. The van der Waals surface area contributed by atoms with Gasteiger partial charge in [0.05, 0.1) is 6.10 Å². The van der Waals surface area contributed by atoms with E-state index in [2.05, 4.69) is 0 Å². The molecular formula is C10H11F3O. The first-order valence-corrected chi connectivity index (χ1v) is 5.20. The highest BCUT2D eigenvalue weighted by Gasteiger charge is 2.85. The van der Waals surface area contributed by atoms with Crippen LogP contribution >= 0.6 is 0 Å². The Morgan fingerprint density at radius 3 is 2.36 bits per heavy atom. The van der Waals surface area contributed by atoms with Crippen LogP contribution in [0.3, 0.4) is 0 Å². The highest BCUT2D eigenvalue weighted by atomic mass is 19.4. The molecule has 5 fully saturated rings. The van der Waals surface area contributed by atoms with Crippen molar-refractivity contribution in [2.45, 2.75) is 31.2 Å². The lowest BCUT2D eigenvalue weighted by molar-refractivity contribution is -0.286. The fraction of sp³-hybridized carbons (Fsp3) is 1.00. The van der Waals surface area contributed by atoms with Gasteiger partial charge in [-0.05, 0) is 37.0 Å². The Kier molecular flexibility index (Phi) is 0.994. The Balaban J connectivity index is 1.80.